The van der Waals surface area contributed by atoms with Gasteiger partial charge in [-0.05, 0) is 11.8 Å². The van der Waals surface area contributed by atoms with Crippen LogP contribution in [0.4, 0.5) is 5.82 Å². The van der Waals surface area contributed by atoms with Gasteiger partial charge in [0, 0.05) is 0 Å². The molecule has 72 valence electrons. The molecule has 0 amide bonds. The van der Waals surface area contributed by atoms with Crippen molar-refractivity contribution in [3.63, 3.8) is 0 Å². The van der Waals surface area contributed by atoms with E-state index in [1.807, 2.05) is 0 Å². The molecule has 1 unspecified atom stereocenters. The molecule has 1 aromatic rings. The first-order valence-corrected chi connectivity index (χ1v) is 4.45. The van der Waals surface area contributed by atoms with E-state index in [1.54, 1.807) is 6.92 Å². The van der Waals surface area contributed by atoms with E-state index >= 15 is 0 Å². The van der Waals surface area contributed by atoms with Crippen LogP contribution in [0.15, 0.2) is 6.07 Å². The number of aliphatic hydroxyl groups is 1. The summed E-state index contributed by atoms with van der Waals surface area (Å²) in [4.78, 5) is 9.57. The third-order valence-electron chi connectivity index (χ3n) is 1.49. The first-order valence-electron chi connectivity index (χ1n) is 3.54. The van der Waals surface area contributed by atoms with Crippen molar-refractivity contribution >= 4 is 21.7 Å². The largest absolute Gasteiger partial charge is 0.390 e. The summed E-state index contributed by atoms with van der Waals surface area (Å²) in [5.74, 6) is -0.254. The number of hydrogen-bond acceptors (Lipinski definition) is 4. The molecule has 0 aliphatic rings. The molecule has 1 heterocycles. The summed E-state index contributed by atoms with van der Waals surface area (Å²) in [6, 6.07) is 1.25. The highest BCUT2D eigenvalue weighted by atomic mass is 79.9. The van der Waals surface area contributed by atoms with Gasteiger partial charge in [-0.2, -0.15) is 4.68 Å². The highest BCUT2D eigenvalue weighted by Crippen LogP contribution is 2.20. The average Bonchev–Trinajstić information content (AvgIpc) is 2.47. The molecule has 0 aromatic carbocycles. The Morgan fingerprint density at radius 1 is 1.92 bits per heavy atom. The standard InChI is InChI=1S/C6H8BrN3O3/c1-4(7)9-5(3-11)2-6(8-9)10(12)13/h2,4,11H,3H2,1H3. The molecule has 0 aliphatic carbocycles. The normalized spacial score (nSPS) is 12.8. The van der Waals surface area contributed by atoms with Gasteiger partial charge in [0.15, 0.2) is 0 Å². The van der Waals surface area contributed by atoms with E-state index in [9.17, 15) is 10.1 Å². The lowest BCUT2D eigenvalue weighted by molar-refractivity contribution is -0.389. The maximum atomic E-state index is 10.3. The molecule has 1 atom stereocenters. The predicted octanol–water partition coefficient (Wildman–Crippen LogP) is 1.20. The Morgan fingerprint density at radius 2 is 2.54 bits per heavy atom. The molecule has 0 spiro atoms. The van der Waals surface area contributed by atoms with Crippen molar-refractivity contribution in [2.24, 2.45) is 0 Å². The Kier molecular flexibility index (Phi) is 2.99. The number of halogens is 1. The van der Waals surface area contributed by atoms with Crippen molar-refractivity contribution < 1.29 is 10.0 Å². The van der Waals surface area contributed by atoms with E-state index in [0.717, 1.165) is 0 Å². The minimum Gasteiger partial charge on any atom is -0.390 e. The molecule has 0 radical (unpaired) electrons. The summed E-state index contributed by atoms with van der Waals surface area (Å²) in [7, 11) is 0. The zero-order valence-electron chi connectivity index (χ0n) is 6.85. The second-order valence-electron chi connectivity index (χ2n) is 2.43. The number of alkyl halides is 1. The maximum absolute atomic E-state index is 10.3. The molecule has 0 aliphatic heterocycles. The number of aliphatic hydroxyl groups excluding tert-OH is 1. The van der Waals surface area contributed by atoms with Crippen LogP contribution in [0.1, 0.15) is 17.6 Å². The number of hydrogen-bond donors (Lipinski definition) is 1. The van der Waals surface area contributed by atoms with Crippen LogP contribution in [0, 0.1) is 10.1 Å². The van der Waals surface area contributed by atoms with Gasteiger partial charge in [-0.15, -0.1) is 0 Å². The van der Waals surface area contributed by atoms with Crippen molar-refractivity contribution in [3.05, 3.63) is 21.9 Å². The summed E-state index contributed by atoms with van der Waals surface area (Å²) < 4.78 is 1.36. The predicted molar refractivity (Wildman–Crippen MR) is 48.4 cm³/mol. The van der Waals surface area contributed by atoms with Crippen LogP contribution in [0.3, 0.4) is 0 Å². The second-order valence-corrected chi connectivity index (χ2v) is 3.75. The highest BCUT2D eigenvalue weighted by Gasteiger charge is 2.19. The van der Waals surface area contributed by atoms with E-state index < -0.39 is 4.92 Å². The first-order chi connectivity index (χ1) is 6.06. The van der Waals surface area contributed by atoms with Gasteiger partial charge >= 0.3 is 5.82 Å². The third-order valence-corrected chi connectivity index (χ3v) is 1.87. The van der Waals surface area contributed by atoms with Crippen LogP contribution in [-0.2, 0) is 6.61 Å². The molecular formula is C6H8BrN3O3. The quantitative estimate of drug-likeness (QED) is 0.496. The topological polar surface area (TPSA) is 81.2 Å². The van der Waals surface area contributed by atoms with Gasteiger partial charge in [-0.3, -0.25) is 0 Å². The monoisotopic (exact) mass is 249 g/mol. The van der Waals surface area contributed by atoms with E-state index in [2.05, 4.69) is 21.0 Å². The van der Waals surface area contributed by atoms with Crippen molar-refractivity contribution in [3.8, 4) is 0 Å². The molecule has 1 N–H and O–H groups in total. The Balaban J connectivity index is 3.11. The van der Waals surface area contributed by atoms with E-state index in [0.29, 0.717) is 5.69 Å². The summed E-state index contributed by atoms with van der Waals surface area (Å²) in [6.07, 6.45) is 0. The van der Waals surface area contributed by atoms with Crippen molar-refractivity contribution in [1.82, 2.24) is 9.78 Å². The van der Waals surface area contributed by atoms with Crippen molar-refractivity contribution in [2.75, 3.05) is 0 Å². The summed E-state index contributed by atoms with van der Waals surface area (Å²) in [5.41, 5.74) is 0.413. The molecule has 13 heavy (non-hydrogen) atoms. The molecule has 6 nitrogen and oxygen atoms in total. The van der Waals surface area contributed by atoms with Crippen LogP contribution >= 0.6 is 15.9 Å². The molecule has 7 heteroatoms. The summed E-state index contributed by atoms with van der Waals surface area (Å²) in [6.45, 7) is 1.49. The Morgan fingerprint density at radius 3 is 2.85 bits per heavy atom. The fraction of sp³-hybridized carbons (Fsp3) is 0.500. The van der Waals surface area contributed by atoms with Gasteiger partial charge in [-0.25, -0.2) is 0 Å². The van der Waals surface area contributed by atoms with E-state index in [1.165, 1.54) is 10.7 Å². The van der Waals surface area contributed by atoms with Crippen molar-refractivity contribution in [1.29, 1.82) is 0 Å². The van der Waals surface area contributed by atoms with Gasteiger partial charge in [0.25, 0.3) is 0 Å². The number of nitro groups is 1. The van der Waals surface area contributed by atoms with Gasteiger partial charge in [0.1, 0.15) is 4.95 Å². The van der Waals surface area contributed by atoms with E-state index in [-0.39, 0.29) is 17.4 Å². The minimum atomic E-state index is -0.592. The molecule has 1 aromatic heterocycles. The molecule has 0 saturated carbocycles. The average molecular weight is 250 g/mol. The SMILES string of the molecule is CC(Br)n1nc([N+](=O)[O-])cc1CO. The smallest absolute Gasteiger partial charge is 0.390 e. The summed E-state index contributed by atoms with van der Waals surface area (Å²) in [5, 5.41) is 22.9. The molecule has 0 saturated heterocycles. The van der Waals surface area contributed by atoms with Crippen LogP contribution in [-0.4, -0.2) is 19.8 Å². The minimum absolute atomic E-state index is 0.177. The van der Waals surface area contributed by atoms with Crippen LogP contribution < -0.4 is 0 Å². The lowest BCUT2D eigenvalue weighted by Gasteiger charge is -2.00. The zero-order valence-corrected chi connectivity index (χ0v) is 8.43. The van der Waals surface area contributed by atoms with Gasteiger partial charge < -0.3 is 15.2 Å². The third kappa shape index (κ3) is 2.04. The fourth-order valence-electron chi connectivity index (χ4n) is 0.934. The van der Waals surface area contributed by atoms with Gasteiger partial charge in [0.05, 0.1) is 23.5 Å². The van der Waals surface area contributed by atoms with E-state index in [4.69, 9.17) is 5.11 Å². The summed E-state index contributed by atoms with van der Waals surface area (Å²) >= 11 is 3.20. The van der Waals surface area contributed by atoms with Crippen molar-refractivity contribution in [2.45, 2.75) is 18.5 Å². The molecule has 0 fully saturated rings. The lowest BCUT2D eigenvalue weighted by atomic mass is 10.4. The fourth-order valence-corrected chi connectivity index (χ4v) is 1.29. The Hall–Kier alpha value is -0.950. The zero-order chi connectivity index (χ0) is 10.0. The number of nitrogens with zero attached hydrogens (tertiary/aromatic N) is 3. The molecule has 0 bridgehead atoms. The Labute approximate surface area is 82.4 Å². The van der Waals surface area contributed by atoms with Gasteiger partial charge in [-0.1, -0.05) is 15.9 Å². The van der Waals surface area contributed by atoms with Gasteiger partial charge in [0.2, 0.25) is 0 Å². The van der Waals surface area contributed by atoms with Crippen LogP contribution in [0.5, 0.6) is 0 Å². The molecule has 1 rings (SSSR count). The maximum Gasteiger partial charge on any atom is 0.390 e. The van der Waals surface area contributed by atoms with Crippen LogP contribution in [0.2, 0.25) is 0 Å². The number of aromatic nitrogens is 2. The first kappa shape index (κ1) is 10.1. The highest BCUT2D eigenvalue weighted by molar-refractivity contribution is 9.09. The Bertz CT molecular complexity index is 323. The molecular weight excluding hydrogens is 242 g/mol. The second kappa shape index (κ2) is 3.84. The van der Waals surface area contributed by atoms with Crippen LogP contribution in [0.25, 0.3) is 0 Å². The lowest BCUT2D eigenvalue weighted by Crippen LogP contribution is -2.05. The number of rotatable bonds is 3.